The van der Waals surface area contributed by atoms with Crippen LogP contribution in [-0.2, 0) is 0 Å². The van der Waals surface area contributed by atoms with E-state index in [0.717, 1.165) is 12.5 Å². The number of rotatable bonds is 7. The van der Waals surface area contributed by atoms with E-state index in [9.17, 15) is 0 Å². The molecule has 2 unspecified atom stereocenters. The highest BCUT2D eigenvalue weighted by Gasteiger charge is 2.12. The molecule has 16 heavy (non-hydrogen) atoms. The molecule has 0 amide bonds. The van der Waals surface area contributed by atoms with Crippen LogP contribution in [-0.4, -0.2) is 6.54 Å². The molecule has 1 nitrogen and oxygen atoms in total. The van der Waals surface area contributed by atoms with Gasteiger partial charge in [0.2, 0.25) is 0 Å². The molecule has 0 heterocycles. The summed E-state index contributed by atoms with van der Waals surface area (Å²) in [6.45, 7) is 7.93. The van der Waals surface area contributed by atoms with Gasteiger partial charge in [0.15, 0.2) is 0 Å². The Morgan fingerprint density at radius 1 is 1.12 bits per heavy atom. The lowest BCUT2D eigenvalue weighted by molar-refractivity contribution is 0.402. The second kappa shape index (κ2) is 7.45. The first-order valence-corrected chi connectivity index (χ1v) is 6.56. The first-order chi connectivity index (χ1) is 7.77. The monoisotopic (exact) mass is 219 g/mol. The first-order valence-electron chi connectivity index (χ1n) is 6.56. The molecule has 0 spiro atoms. The van der Waals surface area contributed by atoms with E-state index in [2.05, 4.69) is 56.4 Å². The number of hydrogen-bond donors (Lipinski definition) is 1. The summed E-state index contributed by atoms with van der Waals surface area (Å²) >= 11 is 0. The highest BCUT2D eigenvalue weighted by molar-refractivity contribution is 5.18. The van der Waals surface area contributed by atoms with Crippen molar-refractivity contribution in [3.63, 3.8) is 0 Å². The molecule has 0 aliphatic heterocycles. The minimum absolute atomic E-state index is 0.524. The minimum atomic E-state index is 0.524. The smallest absolute Gasteiger partial charge is 0.0322 e. The van der Waals surface area contributed by atoms with E-state index in [0.29, 0.717) is 6.04 Å². The Hall–Kier alpha value is -0.820. The number of hydrogen-bond acceptors (Lipinski definition) is 1. The van der Waals surface area contributed by atoms with Crippen LogP contribution in [0.3, 0.4) is 0 Å². The van der Waals surface area contributed by atoms with Crippen molar-refractivity contribution in [3.8, 4) is 0 Å². The van der Waals surface area contributed by atoms with Crippen LogP contribution in [0.1, 0.15) is 51.6 Å². The Balaban J connectivity index is 2.63. The van der Waals surface area contributed by atoms with Gasteiger partial charge >= 0.3 is 0 Å². The fourth-order valence-corrected chi connectivity index (χ4v) is 1.91. The Kier molecular flexibility index (Phi) is 6.17. The lowest BCUT2D eigenvalue weighted by atomic mass is 9.94. The standard InChI is InChI=1S/C15H25N/c1-4-11-16-15(12-13(3)5-2)14-9-7-6-8-10-14/h6-10,13,15-16H,4-5,11-12H2,1-3H3. The molecule has 2 atom stereocenters. The van der Waals surface area contributed by atoms with E-state index in [1.807, 2.05) is 0 Å². The maximum Gasteiger partial charge on any atom is 0.0322 e. The zero-order chi connectivity index (χ0) is 11.8. The van der Waals surface area contributed by atoms with Crippen molar-refractivity contribution < 1.29 is 0 Å². The van der Waals surface area contributed by atoms with Gasteiger partial charge in [-0.05, 0) is 30.9 Å². The van der Waals surface area contributed by atoms with Crippen molar-refractivity contribution in [1.29, 1.82) is 0 Å². The summed E-state index contributed by atoms with van der Waals surface area (Å²) in [5, 5.41) is 3.65. The van der Waals surface area contributed by atoms with Crippen LogP contribution in [0.4, 0.5) is 0 Å². The van der Waals surface area contributed by atoms with Crippen LogP contribution in [0.2, 0.25) is 0 Å². The van der Waals surface area contributed by atoms with Gasteiger partial charge in [-0.3, -0.25) is 0 Å². The number of nitrogens with one attached hydrogen (secondary N) is 1. The molecule has 0 aliphatic rings. The van der Waals surface area contributed by atoms with Gasteiger partial charge < -0.3 is 5.32 Å². The molecule has 1 rings (SSSR count). The molecule has 1 heteroatoms. The summed E-state index contributed by atoms with van der Waals surface area (Å²) in [4.78, 5) is 0. The maximum absolute atomic E-state index is 3.65. The SMILES string of the molecule is CCCNC(CC(C)CC)c1ccccc1. The number of benzene rings is 1. The summed E-state index contributed by atoms with van der Waals surface area (Å²) in [6, 6.07) is 11.3. The molecule has 1 N–H and O–H groups in total. The van der Waals surface area contributed by atoms with E-state index < -0.39 is 0 Å². The molecule has 1 aromatic carbocycles. The van der Waals surface area contributed by atoms with Crippen molar-refractivity contribution >= 4 is 0 Å². The van der Waals surface area contributed by atoms with E-state index in [1.54, 1.807) is 0 Å². The molecule has 0 radical (unpaired) electrons. The predicted octanol–water partition coefficient (Wildman–Crippen LogP) is 4.16. The van der Waals surface area contributed by atoms with Gasteiger partial charge in [-0.15, -0.1) is 0 Å². The Bertz CT molecular complexity index is 268. The van der Waals surface area contributed by atoms with Crippen molar-refractivity contribution in [2.24, 2.45) is 5.92 Å². The highest BCUT2D eigenvalue weighted by atomic mass is 14.9. The van der Waals surface area contributed by atoms with Gasteiger partial charge in [-0.2, -0.15) is 0 Å². The maximum atomic E-state index is 3.65. The van der Waals surface area contributed by atoms with Crippen molar-refractivity contribution in [3.05, 3.63) is 35.9 Å². The molecule has 90 valence electrons. The zero-order valence-electron chi connectivity index (χ0n) is 10.9. The van der Waals surface area contributed by atoms with Gasteiger partial charge in [0.25, 0.3) is 0 Å². The van der Waals surface area contributed by atoms with Crippen LogP contribution >= 0.6 is 0 Å². The van der Waals surface area contributed by atoms with Gasteiger partial charge in [0, 0.05) is 6.04 Å². The van der Waals surface area contributed by atoms with Crippen LogP contribution < -0.4 is 5.32 Å². The predicted molar refractivity (Wildman–Crippen MR) is 71.5 cm³/mol. The largest absolute Gasteiger partial charge is 0.310 e. The third-order valence-electron chi connectivity index (χ3n) is 3.18. The van der Waals surface area contributed by atoms with Gasteiger partial charge in [0.05, 0.1) is 0 Å². The minimum Gasteiger partial charge on any atom is -0.310 e. The van der Waals surface area contributed by atoms with Crippen LogP contribution in [0, 0.1) is 5.92 Å². The molecular weight excluding hydrogens is 194 g/mol. The molecule has 1 aromatic rings. The average molecular weight is 219 g/mol. The molecule has 0 saturated carbocycles. The van der Waals surface area contributed by atoms with Gasteiger partial charge in [0.1, 0.15) is 0 Å². The van der Waals surface area contributed by atoms with Crippen molar-refractivity contribution in [2.75, 3.05) is 6.54 Å². The summed E-state index contributed by atoms with van der Waals surface area (Å²) in [5.41, 5.74) is 1.43. The second-order valence-corrected chi connectivity index (χ2v) is 4.67. The molecule has 0 aliphatic carbocycles. The van der Waals surface area contributed by atoms with Crippen molar-refractivity contribution in [2.45, 2.75) is 46.1 Å². The summed E-state index contributed by atoms with van der Waals surface area (Å²) < 4.78 is 0. The van der Waals surface area contributed by atoms with E-state index in [1.165, 1.54) is 24.8 Å². The Morgan fingerprint density at radius 3 is 2.38 bits per heavy atom. The molecule has 0 fully saturated rings. The summed E-state index contributed by atoms with van der Waals surface area (Å²) in [6.07, 6.45) is 3.70. The Morgan fingerprint density at radius 2 is 1.81 bits per heavy atom. The molecule has 0 aromatic heterocycles. The lowest BCUT2D eigenvalue weighted by Crippen LogP contribution is -2.23. The molecule has 0 saturated heterocycles. The van der Waals surface area contributed by atoms with E-state index >= 15 is 0 Å². The van der Waals surface area contributed by atoms with Gasteiger partial charge in [-0.25, -0.2) is 0 Å². The topological polar surface area (TPSA) is 12.0 Å². The fraction of sp³-hybridized carbons (Fsp3) is 0.600. The third kappa shape index (κ3) is 4.36. The second-order valence-electron chi connectivity index (χ2n) is 4.67. The average Bonchev–Trinajstić information content (AvgIpc) is 2.35. The molecule has 0 bridgehead atoms. The van der Waals surface area contributed by atoms with E-state index in [4.69, 9.17) is 0 Å². The van der Waals surface area contributed by atoms with E-state index in [-0.39, 0.29) is 0 Å². The normalized spacial score (nSPS) is 14.7. The third-order valence-corrected chi connectivity index (χ3v) is 3.18. The fourth-order valence-electron chi connectivity index (χ4n) is 1.91. The van der Waals surface area contributed by atoms with Gasteiger partial charge in [-0.1, -0.05) is 57.5 Å². The summed E-state index contributed by atoms with van der Waals surface area (Å²) in [7, 11) is 0. The van der Waals surface area contributed by atoms with Crippen LogP contribution in [0.15, 0.2) is 30.3 Å². The van der Waals surface area contributed by atoms with Crippen LogP contribution in [0.5, 0.6) is 0 Å². The highest BCUT2D eigenvalue weighted by Crippen LogP contribution is 2.22. The zero-order valence-corrected chi connectivity index (χ0v) is 10.9. The summed E-state index contributed by atoms with van der Waals surface area (Å²) in [5.74, 6) is 0.787. The lowest BCUT2D eigenvalue weighted by Gasteiger charge is -2.22. The Labute approximate surface area is 100 Å². The molecular formula is C15H25N. The van der Waals surface area contributed by atoms with Crippen LogP contribution in [0.25, 0.3) is 0 Å². The first kappa shape index (κ1) is 13.2. The van der Waals surface area contributed by atoms with Crippen molar-refractivity contribution in [1.82, 2.24) is 5.32 Å². The quantitative estimate of drug-likeness (QED) is 0.726.